The molecule has 2 amide bonds. The summed E-state index contributed by atoms with van der Waals surface area (Å²) in [6.45, 7) is 2.38. The Morgan fingerprint density at radius 3 is 2.40 bits per heavy atom. The van der Waals surface area contributed by atoms with Gasteiger partial charge in [-0.15, -0.1) is 0 Å². The van der Waals surface area contributed by atoms with Gasteiger partial charge in [0.1, 0.15) is 23.3 Å². The molecule has 0 saturated heterocycles. The second-order valence-electron chi connectivity index (χ2n) is 8.58. The molecule has 1 aliphatic carbocycles. The number of hydrogen-bond acceptors (Lipinski definition) is 4. The first-order valence-electron chi connectivity index (χ1n) is 12.1. The van der Waals surface area contributed by atoms with Crippen LogP contribution in [0.15, 0.2) is 72.9 Å². The van der Waals surface area contributed by atoms with Crippen LogP contribution in [0.25, 0.3) is 0 Å². The van der Waals surface area contributed by atoms with Gasteiger partial charge in [-0.05, 0) is 62.2 Å². The third-order valence-electron chi connectivity index (χ3n) is 6.19. The molecular weight excluding hydrogens is 445 g/mol. The number of pyridine rings is 1. The van der Waals surface area contributed by atoms with Crippen LogP contribution < -0.4 is 15.0 Å². The van der Waals surface area contributed by atoms with Gasteiger partial charge in [-0.25, -0.2) is 4.39 Å². The van der Waals surface area contributed by atoms with E-state index < -0.39 is 23.7 Å². The predicted octanol–water partition coefficient (Wildman–Crippen LogP) is 5.46. The molecule has 4 rings (SSSR count). The number of rotatable bonds is 8. The molecule has 1 heterocycles. The van der Waals surface area contributed by atoms with Gasteiger partial charge >= 0.3 is 0 Å². The summed E-state index contributed by atoms with van der Waals surface area (Å²) < 4.78 is 20.7. The summed E-state index contributed by atoms with van der Waals surface area (Å²) >= 11 is 0. The Bertz CT molecular complexity index is 1130. The fourth-order valence-corrected chi connectivity index (χ4v) is 4.49. The molecule has 1 fully saturated rings. The van der Waals surface area contributed by atoms with Gasteiger partial charge in [-0.2, -0.15) is 0 Å². The van der Waals surface area contributed by atoms with Crippen LogP contribution in [0.4, 0.5) is 10.1 Å². The molecule has 35 heavy (non-hydrogen) atoms. The number of carbonyl (C=O) groups excluding carboxylic acids is 2. The molecule has 2 aromatic carbocycles. The maximum Gasteiger partial charge on any atom is 0.277 e. The van der Waals surface area contributed by atoms with E-state index in [0.29, 0.717) is 18.0 Å². The molecule has 0 aliphatic heterocycles. The molecule has 182 valence electrons. The lowest BCUT2D eigenvalue weighted by atomic mass is 9.94. The van der Waals surface area contributed by atoms with E-state index in [2.05, 4.69) is 10.3 Å². The quantitative estimate of drug-likeness (QED) is 0.470. The Morgan fingerprint density at radius 2 is 1.74 bits per heavy atom. The number of hydrogen-bond donors (Lipinski definition) is 1. The monoisotopic (exact) mass is 475 g/mol. The molecule has 1 aromatic heterocycles. The Balaban J connectivity index is 1.80. The number of aromatic nitrogens is 1. The number of amides is 2. The molecule has 1 atom stereocenters. The minimum Gasteiger partial charge on any atom is -0.494 e. The molecule has 0 spiro atoms. The Kier molecular flexibility index (Phi) is 8.08. The van der Waals surface area contributed by atoms with Crippen LogP contribution in [0, 0.1) is 5.82 Å². The first-order chi connectivity index (χ1) is 17.1. The molecule has 0 unspecified atom stereocenters. The standard InChI is InChI=1S/C28H30FN3O3/c1-2-35-22-17-15-21(16-18-22)32(28(34)25-14-8-9-19-30-25)26(23-12-6-7-13-24(23)29)27(33)31-20-10-4-3-5-11-20/h6-9,12-20,26H,2-5,10-11H2,1H3,(H,31,33)/t26-/m1/s1. The van der Waals surface area contributed by atoms with Crippen molar-refractivity contribution in [1.29, 1.82) is 0 Å². The van der Waals surface area contributed by atoms with Crippen LogP contribution in [-0.4, -0.2) is 29.4 Å². The van der Waals surface area contributed by atoms with Gasteiger partial charge in [0.2, 0.25) is 5.91 Å². The van der Waals surface area contributed by atoms with E-state index in [1.165, 1.54) is 17.2 Å². The topological polar surface area (TPSA) is 71.5 Å². The molecule has 6 nitrogen and oxygen atoms in total. The minimum absolute atomic E-state index is 0.00217. The van der Waals surface area contributed by atoms with Gasteiger partial charge in [0.25, 0.3) is 5.91 Å². The van der Waals surface area contributed by atoms with Crippen molar-refractivity contribution in [2.75, 3.05) is 11.5 Å². The summed E-state index contributed by atoms with van der Waals surface area (Å²) in [6, 6.07) is 16.7. The summed E-state index contributed by atoms with van der Waals surface area (Å²) in [6.07, 6.45) is 6.46. The first kappa shape index (κ1) is 24.4. The zero-order valence-electron chi connectivity index (χ0n) is 19.8. The third-order valence-corrected chi connectivity index (χ3v) is 6.19. The molecule has 0 radical (unpaired) electrons. The summed E-state index contributed by atoms with van der Waals surface area (Å²) in [7, 11) is 0. The number of anilines is 1. The normalized spacial score (nSPS) is 14.7. The fourth-order valence-electron chi connectivity index (χ4n) is 4.49. The van der Waals surface area contributed by atoms with E-state index in [1.54, 1.807) is 60.7 Å². The largest absolute Gasteiger partial charge is 0.494 e. The highest BCUT2D eigenvalue weighted by Gasteiger charge is 2.36. The van der Waals surface area contributed by atoms with Gasteiger partial charge < -0.3 is 10.1 Å². The van der Waals surface area contributed by atoms with Crippen molar-refractivity contribution in [3.63, 3.8) is 0 Å². The maximum atomic E-state index is 15.1. The number of benzene rings is 2. The van der Waals surface area contributed by atoms with E-state index in [0.717, 1.165) is 32.1 Å². The molecular formula is C28H30FN3O3. The van der Waals surface area contributed by atoms with Crippen molar-refractivity contribution in [3.8, 4) is 5.75 Å². The number of carbonyl (C=O) groups is 2. The SMILES string of the molecule is CCOc1ccc(N(C(=O)c2ccccn2)[C@@H](C(=O)NC2CCCCC2)c2ccccc2F)cc1. The van der Waals surface area contributed by atoms with Crippen molar-refractivity contribution in [2.24, 2.45) is 0 Å². The smallest absolute Gasteiger partial charge is 0.277 e. The lowest BCUT2D eigenvalue weighted by Gasteiger charge is -2.33. The van der Waals surface area contributed by atoms with Gasteiger partial charge in [-0.3, -0.25) is 19.5 Å². The summed E-state index contributed by atoms with van der Waals surface area (Å²) in [5, 5.41) is 3.09. The van der Waals surface area contributed by atoms with E-state index >= 15 is 4.39 Å². The Labute approximate surface area is 205 Å². The van der Waals surface area contributed by atoms with E-state index in [9.17, 15) is 9.59 Å². The first-order valence-corrected chi connectivity index (χ1v) is 12.1. The summed E-state index contributed by atoms with van der Waals surface area (Å²) in [5.74, 6) is -0.835. The molecule has 1 saturated carbocycles. The van der Waals surface area contributed by atoms with Crippen LogP contribution in [0.1, 0.15) is 61.1 Å². The van der Waals surface area contributed by atoms with Gasteiger partial charge in [0, 0.05) is 23.5 Å². The third kappa shape index (κ3) is 5.85. The number of halogens is 1. The predicted molar refractivity (Wildman–Crippen MR) is 133 cm³/mol. The molecule has 1 N–H and O–H groups in total. The van der Waals surface area contributed by atoms with Crippen molar-refractivity contribution in [3.05, 3.63) is 90.0 Å². The zero-order chi connectivity index (χ0) is 24.6. The maximum absolute atomic E-state index is 15.1. The molecule has 1 aliphatic rings. The van der Waals surface area contributed by atoms with Crippen LogP contribution >= 0.6 is 0 Å². The van der Waals surface area contributed by atoms with Gasteiger partial charge in [0.05, 0.1) is 6.61 Å². The summed E-state index contributed by atoms with van der Waals surface area (Å²) in [5.41, 5.74) is 0.725. The second kappa shape index (κ2) is 11.6. The van der Waals surface area contributed by atoms with Crippen molar-refractivity contribution in [2.45, 2.75) is 51.1 Å². The van der Waals surface area contributed by atoms with E-state index in [-0.39, 0.29) is 17.3 Å². The van der Waals surface area contributed by atoms with Gasteiger partial charge in [0.15, 0.2) is 0 Å². The van der Waals surface area contributed by atoms with Crippen molar-refractivity contribution in [1.82, 2.24) is 10.3 Å². The number of nitrogens with zero attached hydrogens (tertiary/aromatic N) is 2. The lowest BCUT2D eigenvalue weighted by molar-refractivity contribution is -0.123. The Morgan fingerprint density at radius 1 is 1.03 bits per heavy atom. The molecule has 3 aromatic rings. The number of ether oxygens (including phenoxy) is 1. The van der Waals surface area contributed by atoms with Crippen LogP contribution in [0.5, 0.6) is 5.75 Å². The number of nitrogens with one attached hydrogen (secondary N) is 1. The average molecular weight is 476 g/mol. The molecule has 7 heteroatoms. The highest BCUT2D eigenvalue weighted by molar-refractivity contribution is 6.09. The van der Waals surface area contributed by atoms with Crippen LogP contribution in [0.3, 0.4) is 0 Å². The molecule has 0 bridgehead atoms. The highest BCUT2D eigenvalue weighted by Crippen LogP contribution is 2.32. The second-order valence-corrected chi connectivity index (χ2v) is 8.58. The van der Waals surface area contributed by atoms with Crippen LogP contribution in [0.2, 0.25) is 0 Å². The van der Waals surface area contributed by atoms with Gasteiger partial charge in [-0.1, -0.05) is 43.5 Å². The highest BCUT2D eigenvalue weighted by atomic mass is 19.1. The van der Waals surface area contributed by atoms with Crippen molar-refractivity contribution >= 4 is 17.5 Å². The fraction of sp³-hybridized carbons (Fsp3) is 0.321. The van der Waals surface area contributed by atoms with Crippen molar-refractivity contribution < 1.29 is 18.7 Å². The zero-order valence-corrected chi connectivity index (χ0v) is 19.8. The Hall–Kier alpha value is -3.74. The average Bonchev–Trinajstić information content (AvgIpc) is 2.89. The van der Waals surface area contributed by atoms with Crippen LogP contribution in [-0.2, 0) is 4.79 Å². The lowest BCUT2D eigenvalue weighted by Crippen LogP contribution is -2.47. The minimum atomic E-state index is -1.22. The van der Waals surface area contributed by atoms with E-state index in [4.69, 9.17) is 4.74 Å². The van der Waals surface area contributed by atoms with E-state index in [1.807, 2.05) is 6.92 Å². The summed E-state index contributed by atoms with van der Waals surface area (Å²) in [4.78, 5) is 33.1.